The zero-order valence-corrected chi connectivity index (χ0v) is 16.3. The summed E-state index contributed by atoms with van der Waals surface area (Å²) in [6, 6.07) is -0.674. The van der Waals surface area contributed by atoms with Crippen molar-refractivity contribution in [2.24, 2.45) is 11.7 Å². The Kier molecular flexibility index (Phi) is 8.34. The van der Waals surface area contributed by atoms with Crippen LogP contribution in [0.5, 0.6) is 0 Å². The molecule has 0 aromatic rings. The van der Waals surface area contributed by atoms with Gasteiger partial charge in [0.1, 0.15) is 12.6 Å². The first-order chi connectivity index (χ1) is 13.0. The van der Waals surface area contributed by atoms with Gasteiger partial charge in [-0.25, -0.2) is 4.79 Å². The molecule has 1 saturated carbocycles. The maximum absolute atomic E-state index is 13.3. The molecule has 3 atom stereocenters. The van der Waals surface area contributed by atoms with Gasteiger partial charge in [-0.3, -0.25) is 14.5 Å². The fourth-order valence-corrected chi connectivity index (χ4v) is 4.43. The Morgan fingerprint density at radius 3 is 2.67 bits per heavy atom. The highest BCUT2D eigenvalue weighted by molar-refractivity contribution is 5.88. The van der Waals surface area contributed by atoms with Crippen molar-refractivity contribution < 1.29 is 24.2 Å². The molecule has 0 aromatic heterocycles. The normalized spacial score (nSPS) is 25.0. The standard InChI is InChI=1S/C19H33N3O5/c1-2-27-19(26)21(12-5-3-4-11-20)16-10-9-14-7-6-8-15(14)22(18(16)25)13-17(23)24/h14-16H,2-13,20H2,1H3,(H,23,24)/t14?,15-,16-/m0/s1. The number of carboxylic acids is 1. The molecule has 0 radical (unpaired) electrons. The number of ether oxygens (including phenoxy) is 1. The van der Waals surface area contributed by atoms with Gasteiger partial charge >= 0.3 is 12.1 Å². The lowest BCUT2D eigenvalue weighted by atomic mass is 9.97. The highest BCUT2D eigenvalue weighted by atomic mass is 16.6. The SMILES string of the molecule is CCOC(=O)N(CCCCCN)[C@H]1CCC2CCC[C@@H]2N(CC(=O)O)C1=O. The molecule has 1 heterocycles. The van der Waals surface area contributed by atoms with Crippen LogP contribution in [0.3, 0.4) is 0 Å². The Balaban J connectivity index is 2.19. The van der Waals surface area contributed by atoms with Crippen molar-refractivity contribution in [3.63, 3.8) is 0 Å². The van der Waals surface area contributed by atoms with E-state index in [4.69, 9.17) is 10.5 Å². The monoisotopic (exact) mass is 383 g/mol. The predicted octanol–water partition coefficient (Wildman–Crippen LogP) is 1.82. The van der Waals surface area contributed by atoms with E-state index in [1.165, 1.54) is 9.80 Å². The number of hydrogen-bond donors (Lipinski definition) is 2. The first-order valence-electron chi connectivity index (χ1n) is 10.1. The van der Waals surface area contributed by atoms with Crippen molar-refractivity contribution >= 4 is 18.0 Å². The van der Waals surface area contributed by atoms with Crippen molar-refractivity contribution in [3.8, 4) is 0 Å². The second-order valence-corrected chi connectivity index (χ2v) is 7.45. The van der Waals surface area contributed by atoms with Gasteiger partial charge in [0, 0.05) is 12.6 Å². The maximum Gasteiger partial charge on any atom is 0.410 e. The zero-order valence-electron chi connectivity index (χ0n) is 16.3. The molecule has 0 spiro atoms. The fourth-order valence-electron chi connectivity index (χ4n) is 4.43. The van der Waals surface area contributed by atoms with E-state index < -0.39 is 18.1 Å². The van der Waals surface area contributed by atoms with E-state index in [0.29, 0.717) is 25.4 Å². The first-order valence-corrected chi connectivity index (χ1v) is 10.1. The summed E-state index contributed by atoms with van der Waals surface area (Å²) in [6.45, 7) is 2.69. The van der Waals surface area contributed by atoms with Crippen LogP contribution in [0.15, 0.2) is 0 Å². The van der Waals surface area contributed by atoms with Crippen LogP contribution < -0.4 is 5.73 Å². The van der Waals surface area contributed by atoms with E-state index in [1.807, 2.05) is 0 Å². The summed E-state index contributed by atoms with van der Waals surface area (Å²) < 4.78 is 5.19. The summed E-state index contributed by atoms with van der Waals surface area (Å²) in [5.41, 5.74) is 5.53. The van der Waals surface area contributed by atoms with Crippen LogP contribution in [-0.4, -0.2) is 71.2 Å². The van der Waals surface area contributed by atoms with E-state index in [-0.39, 0.29) is 25.1 Å². The van der Waals surface area contributed by atoms with Crippen LogP contribution in [0.2, 0.25) is 0 Å². The highest BCUT2D eigenvalue weighted by Crippen LogP contribution is 2.37. The fraction of sp³-hybridized carbons (Fsp3) is 0.842. The number of carboxylic acid groups (broad SMARTS) is 1. The summed E-state index contributed by atoms with van der Waals surface area (Å²) in [7, 11) is 0. The molecule has 1 aliphatic carbocycles. The second-order valence-electron chi connectivity index (χ2n) is 7.45. The topological polar surface area (TPSA) is 113 Å². The summed E-state index contributed by atoms with van der Waals surface area (Å²) >= 11 is 0. The van der Waals surface area contributed by atoms with Crippen molar-refractivity contribution in [1.29, 1.82) is 0 Å². The summed E-state index contributed by atoms with van der Waals surface area (Å²) in [6.07, 6.45) is 6.24. The van der Waals surface area contributed by atoms with E-state index in [9.17, 15) is 19.5 Å². The smallest absolute Gasteiger partial charge is 0.410 e. The molecule has 1 unspecified atom stereocenters. The van der Waals surface area contributed by atoms with Crippen LogP contribution in [0, 0.1) is 5.92 Å². The second kappa shape index (κ2) is 10.5. The third kappa shape index (κ3) is 5.57. The van der Waals surface area contributed by atoms with Gasteiger partial charge in [0.25, 0.3) is 0 Å². The van der Waals surface area contributed by atoms with E-state index in [1.54, 1.807) is 6.92 Å². The molecule has 2 aliphatic rings. The lowest BCUT2D eigenvalue weighted by Gasteiger charge is -2.34. The van der Waals surface area contributed by atoms with Gasteiger partial charge in [0.05, 0.1) is 6.61 Å². The van der Waals surface area contributed by atoms with Crippen molar-refractivity contribution in [2.75, 3.05) is 26.2 Å². The van der Waals surface area contributed by atoms with Gasteiger partial charge in [-0.1, -0.05) is 12.8 Å². The summed E-state index contributed by atoms with van der Waals surface area (Å²) in [5.74, 6) is -0.946. The van der Waals surface area contributed by atoms with Crippen molar-refractivity contribution in [2.45, 2.75) is 70.4 Å². The van der Waals surface area contributed by atoms with Crippen LogP contribution in [0.4, 0.5) is 4.79 Å². The first kappa shape index (κ1) is 21.5. The molecule has 2 fully saturated rings. The minimum atomic E-state index is -1.01. The number of carbonyl (C=O) groups excluding carboxylic acids is 2. The van der Waals surface area contributed by atoms with Crippen LogP contribution >= 0.6 is 0 Å². The predicted molar refractivity (Wildman–Crippen MR) is 100 cm³/mol. The van der Waals surface area contributed by atoms with E-state index in [0.717, 1.165) is 44.9 Å². The van der Waals surface area contributed by atoms with Gasteiger partial charge in [0.15, 0.2) is 0 Å². The molecule has 1 saturated heterocycles. The number of amides is 2. The van der Waals surface area contributed by atoms with Gasteiger partial charge in [-0.2, -0.15) is 0 Å². The average Bonchev–Trinajstić information content (AvgIpc) is 3.05. The average molecular weight is 383 g/mol. The highest BCUT2D eigenvalue weighted by Gasteiger charge is 2.44. The molecule has 2 rings (SSSR count). The number of nitrogens with zero attached hydrogens (tertiary/aromatic N) is 2. The van der Waals surface area contributed by atoms with Crippen LogP contribution in [-0.2, 0) is 14.3 Å². The molecule has 8 heteroatoms. The third-order valence-corrected chi connectivity index (χ3v) is 5.69. The summed E-state index contributed by atoms with van der Waals surface area (Å²) in [5, 5.41) is 9.30. The summed E-state index contributed by atoms with van der Waals surface area (Å²) in [4.78, 5) is 40.2. The van der Waals surface area contributed by atoms with Crippen LogP contribution in [0.1, 0.15) is 58.3 Å². The number of rotatable bonds is 9. The Morgan fingerprint density at radius 2 is 2.00 bits per heavy atom. The molecule has 27 heavy (non-hydrogen) atoms. The molecule has 0 bridgehead atoms. The maximum atomic E-state index is 13.3. The lowest BCUT2D eigenvalue weighted by Crippen LogP contribution is -2.53. The Labute approximate surface area is 161 Å². The molecule has 8 nitrogen and oxygen atoms in total. The number of fused-ring (bicyclic) bond motifs is 1. The van der Waals surface area contributed by atoms with Gasteiger partial charge < -0.3 is 20.5 Å². The largest absolute Gasteiger partial charge is 0.480 e. The Hall–Kier alpha value is -1.83. The zero-order chi connectivity index (χ0) is 19.8. The van der Waals surface area contributed by atoms with Crippen molar-refractivity contribution in [3.05, 3.63) is 0 Å². The molecule has 1 aliphatic heterocycles. The van der Waals surface area contributed by atoms with Gasteiger partial charge in [0.2, 0.25) is 5.91 Å². The number of hydrogen-bond acceptors (Lipinski definition) is 5. The third-order valence-electron chi connectivity index (χ3n) is 5.69. The molecule has 0 aromatic carbocycles. The van der Waals surface area contributed by atoms with Crippen molar-refractivity contribution in [1.82, 2.24) is 9.80 Å². The Morgan fingerprint density at radius 1 is 1.22 bits per heavy atom. The molecule has 2 amide bonds. The molecular formula is C19H33N3O5. The Bertz CT molecular complexity index is 527. The number of nitrogens with two attached hydrogens (primary N) is 1. The van der Waals surface area contributed by atoms with E-state index >= 15 is 0 Å². The quantitative estimate of drug-likeness (QED) is 0.587. The van der Waals surface area contributed by atoms with Crippen LogP contribution in [0.25, 0.3) is 0 Å². The van der Waals surface area contributed by atoms with Gasteiger partial charge in [-0.05, 0) is 57.9 Å². The number of unbranched alkanes of at least 4 members (excludes halogenated alkanes) is 2. The van der Waals surface area contributed by atoms with E-state index in [2.05, 4.69) is 0 Å². The number of carbonyl (C=O) groups is 3. The number of likely N-dealkylation sites (tertiary alicyclic amines) is 1. The minimum Gasteiger partial charge on any atom is -0.480 e. The molecule has 3 N–H and O–H groups in total. The minimum absolute atomic E-state index is 0.0279. The lowest BCUT2D eigenvalue weighted by molar-refractivity contribution is -0.148. The molecular weight excluding hydrogens is 350 g/mol. The number of aliphatic carboxylic acids is 1. The molecule has 154 valence electrons. The van der Waals surface area contributed by atoms with Gasteiger partial charge in [-0.15, -0.1) is 0 Å².